The maximum atomic E-state index is 13.1. The van der Waals surface area contributed by atoms with E-state index in [9.17, 15) is 19.2 Å². The minimum atomic E-state index is -0.908. The number of carbonyl (C=O) groups is 4. The van der Waals surface area contributed by atoms with Crippen molar-refractivity contribution >= 4 is 36.4 Å². The fraction of sp³-hybridized carbons (Fsp3) is 0.600. The van der Waals surface area contributed by atoms with Gasteiger partial charge in [-0.2, -0.15) is 12.6 Å². The normalized spacial score (nSPS) is 13.7. The van der Waals surface area contributed by atoms with Crippen LogP contribution in [0.2, 0.25) is 0 Å². The molecule has 1 aromatic rings. The first-order chi connectivity index (χ1) is 16.7. The molecule has 11 heteroatoms. The van der Waals surface area contributed by atoms with Crippen molar-refractivity contribution in [2.75, 3.05) is 20.7 Å². The van der Waals surface area contributed by atoms with E-state index in [-0.39, 0.29) is 24.8 Å². The molecule has 0 aliphatic rings. The van der Waals surface area contributed by atoms with Crippen LogP contribution in [-0.2, 0) is 25.5 Å². The van der Waals surface area contributed by atoms with Gasteiger partial charge in [0.15, 0.2) is 0 Å². The highest BCUT2D eigenvalue weighted by atomic mass is 32.1. The highest BCUT2D eigenvalue weighted by Crippen LogP contribution is 2.14. The third kappa shape index (κ3) is 11.7. The Balaban J connectivity index is 2.85. The Bertz CT molecular complexity index is 886. The van der Waals surface area contributed by atoms with E-state index in [1.807, 2.05) is 26.0 Å². The van der Waals surface area contributed by atoms with Crippen LogP contribution in [0.3, 0.4) is 0 Å². The Morgan fingerprint density at radius 1 is 0.944 bits per heavy atom. The van der Waals surface area contributed by atoms with Gasteiger partial charge in [-0.1, -0.05) is 26.0 Å². The summed E-state index contributed by atoms with van der Waals surface area (Å²) in [6, 6.07) is 5.45. The lowest BCUT2D eigenvalue weighted by molar-refractivity contribution is -0.132. The lowest BCUT2D eigenvalue weighted by Crippen LogP contribution is -2.55. The SMILES string of the molecule is CNC(=O)[C@H](Cc1ccc(OC)cc1)NC(=O)[C@H](CC(C)C)NC(=O)[C@@H](S)CNC(=O)OC(C)(C)C. The molecule has 10 nitrogen and oxygen atoms in total. The van der Waals surface area contributed by atoms with Crippen LogP contribution in [-0.4, -0.2) is 67.5 Å². The van der Waals surface area contributed by atoms with Gasteiger partial charge in [0, 0.05) is 20.0 Å². The smallest absolute Gasteiger partial charge is 0.407 e. The number of likely N-dealkylation sites (N-methyl/N-ethyl adjacent to an activating group) is 1. The van der Waals surface area contributed by atoms with Crippen molar-refractivity contribution < 1.29 is 28.7 Å². The predicted octanol–water partition coefficient (Wildman–Crippen LogP) is 1.82. The maximum absolute atomic E-state index is 13.1. The molecular weight excluding hydrogens is 484 g/mol. The van der Waals surface area contributed by atoms with E-state index in [1.54, 1.807) is 40.0 Å². The third-order valence-electron chi connectivity index (χ3n) is 4.96. The van der Waals surface area contributed by atoms with E-state index in [1.165, 1.54) is 7.05 Å². The molecular formula is C25H40N4O6S. The molecule has 0 unspecified atom stereocenters. The van der Waals surface area contributed by atoms with E-state index in [0.717, 1.165) is 5.56 Å². The van der Waals surface area contributed by atoms with Crippen molar-refractivity contribution in [2.24, 2.45) is 5.92 Å². The first-order valence-electron chi connectivity index (χ1n) is 11.9. The van der Waals surface area contributed by atoms with Crippen LogP contribution in [0.25, 0.3) is 0 Å². The Hall–Kier alpha value is -2.95. The number of hydrogen-bond donors (Lipinski definition) is 5. The Morgan fingerprint density at radius 3 is 2.03 bits per heavy atom. The zero-order chi connectivity index (χ0) is 27.5. The van der Waals surface area contributed by atoms with Gasteiger partial charge in [-0.3, -0.25) is 14.4 Å². The van der Waals surface area contributed by atoms with E-state index < -0.39 is 40.8 Å². The second kappa shape index (κ2) is 14.6. The molecule has 0 aromatic heterocycles. The van der Waals surface area contributed by atoms with Crippen LogP contribution in [0.5, 0.6) is 5.75 Å². The molecule has 0 aliphatic heterocycles. The van der Waals surface area contributed by atoms with Gasteiger partial charge in [-0.15, -0.1) is 0 Å². The number of amides is 4. The van der Waals surface area contributed by atoms with Gasteiger partial charge in [0.05, 0.1) is 12.4 Å². The van der Waals surface area contributed by atoms with Gasteiger partial charge in [0.1, 0.15) is 23.4 Å². The molecule has 4 amide bonds. The average molecular weight is 525 g/mol. The molecule has 0 aliphatic carbocycles. The zero-order valence-electron chi connectivity index (χ0n) is 22.1. The van der Waals surface area contributed by atoms with Crippen LogP contribution < -0.4 is 26.0 Å². The maximum Gasteiger partial charge on any atom is 0.407 e. The molecule has 1 rings (SSSR count). The Morgan fingerprint density at radius 2 is 1.53 bits per heavy atom. The molecule has 4 N–H and O–H groups in total. The molecule has 0 fully saturated rings. The summed E-state index contributed by atoms with van der Waals surface area (Å²) in [5.41, 5.74) is 0.157. The molecule has 0 saturated carbocycles. The molecule has 0 spiro atoms. The molecule has 202 valence electrons. The monoisotopic (exact) mass is 524 g/mol. The summed E-state index contributed by atoms with van der Waals surface area (Å²) < 4.78 is 10.3. The van der Waals surface area contributed by atoms with Gasteiger partial charge < -0.3 is 30.7 Å². The minimum absolute atomic E-state index is 0.0827. The summed E-state index contributed by atoms with van der Waals surface area (Å²) in [5.74, 6) is -0.607. The number of alkyl carbamates (subject to hydrolysis) is 1. The Kier molecular flexibility index (Phi) is 12.6. The fourth-order valence-electron chi connectivity index (χ4n) is 3.21. The van der Waals surface area contributed by atoms with Crippen LogP contribution in [0.1, 0.15) is 46.6 Å². The van der Waals surface area contributed by atoms with Crippen LogP contribution in [0.4, 0.5) is 4.79 Å². The zero-order valence-corrected chi connectivity index (χ0v) is 23.0. The lowest BCUT2D eigenvalue weighted by Gasteiger charge is -2.25. The van der Waals surface area contributed by atoms with Crippen molar-refractivity contribution in [1.29, 1.82) is 0 Å². The molecule has 0 saturated heterocycles. The van der Waals surface area contributed by atoms with E-state index in [2.05, 4.69) is 33.9 Å². The summed E-state index contributed by atoms with van der Waals surface area (Å²) in [6.45, 7) is 8.94. The molecule has 0 heterocycles. The highest BCUT2D eigenvalue weighted by Gasteiger charge is 2.29. The van der Waals surface area contributed by atoms with Gasteiger partial charge in [-0.25, -0.2) is 4.79 Å². The summed E-state index contributed by atoms with van der Waals surface area (Å²) in [7, 11) is 3.06. The largest absolute Gasteiger partial charge is 0.497 e. The average Bonchev–Trinajstić information content (AvgIpc) is 2.80. The number of rotatable bonds is 12. The van der Waals surface area contributed by atoms with Crippen LogP contribution >= 0.6 is 12.6 Å². The minimum Gasteiger partial charge on any atom is -0.497 e. The second-order valence-corrected chi connectivity index (χ2v) is 10.4. The molecule has 1 aromatic carbocycles. The number of nitrogens with one attached hydrogen (secondary N) is 4. The summed E-state index contributed by atoms with van der Waals surface area (Å²) in [6.07, 6.45) is -0.0642. The van der Waals surface area contributed by atoms with E-state index in [0.29, 0.717) is 12.2 Å². The first kappa shape index (κ1) is 31.1. The number of benzene rings is 1. The number of carbonyl (C=O) groups excluding carboxylic acids is 4. The fourth-order valence-corrected chi connectivity index (χ4v) is 3.38. The number of thiol groups is 1. The quantitative estimate of drug-likeness (QED) is 0.265. The Labute approximate surface area is 219 Å². The van der Waals surface area contributed by atoms with Gasteiger partial charge >= 0.3 is 6.09 Å². The molecule has 0 radical (unpaired) electrons. The van der Waals surface area contributed by atoms with Crippen LogP contribution in [0, 0.1) is 5.92 Å². The number of ether oxygens (including phenoxy) is 2. The number of hydrogen-bond acceptors (Lipinski definition) is 7. The van der Waals surface area contributed by atoms with Gasteiger partial charge in [-0.05, 0) is 50.8 Å². The van der Waals surface area contributed by atoms with Crippen molar-refractivity contribution in [2.45, 2.75) is 70.4 Å². The highest BCUT2D eigenvalue weighted by molar-refractivity contribution is 7.81. The van der Waals surface area contributed by atoms with Crippen molar-refractivity contribution in [1.82, 2.24) is 21.3 Å². The second-order valence-electron chi connectivity index (χ2n) is 9.82. The van der Waals surface area contributed by atoms with Crippen molar-refractivity contribution in [3.05, 3.63) is 29.8 Å². The van der Waals surface area contributed by atoms with Crippen molar-refractivity contribution in [3.8, 4) is 5.75 Å². The molecule has 0 bridgehead atoms. The molecule has 3 atom stereocenters. The summed E-state index contributed by atoms with van der Waals surface area (Å²) in [5, 5.41) is 9.60. The third-order valence-corrected chi connectivity index (χ3v) is 5.38. The predicted molar refractivity (Wildman–Crippen MR) is 141 cm³/mol. The van der Waals surface area contributed by atoms with Crippen LogP contribution in [0.15, 0.2) is 24.3 Å². The van der Waals surface area contributed by atoms with Crippen molar-refractivity contribution in [3.63, 3.8) is 0 Å². The molecule has 36 heavy (non-hydrogen) atoms. The summed E-state index contributed by atoms with van der Waals surface area (Å²) >= 11 is 4.26. The van der Waals surface area contributed by atoms with Gasteiger partial charge in [0.2, 0.25) is 17.7 Å². The van der Waals surface area contributed by atoms with Gasteiger partial charge in [0.25, 0.3) is 0 Å². The first-order valence-corrected chi connectivity index (χ1v) is 12.4. The summed E-state index contributed by atoms with van der Waals surface area (Å²) in [4.78, 5) is 50.2. The lowest BCUT2D eigenvalue weighted by atomic mass is 10.0. The standard InChI is InChI=1S/C25H40N4O6S/c1-15(2)12-18(29-23(32)20(36)14-27-24(33)35-25(3,4)5)22(31)28-19(21(30)26-6)13-16-8-10-17(34-7)11-9-16/h8-11,15,18-20,36H,12-14H2,1-7H3,(H,26,30)(H,27,33)(H,28,31)(H,29,32)/t18-,19-,20-/m0/s1. The topological polar surface area (TPSA) is 135 Å². The number of methoxy groups -OCH3 is 1. The van der Waals surface area contributed by atoms with E-state index in [4.69, 9.17) is 9.47 Å². The van der Waals surface area contributed by atoms with E-state index >= 15 is 0 Å².